The molecule has 14 nitrogen and oxygen atoms in total. The highest BCUT2D eigenvalue weighted by Crippen LogP contribution is 2.51. The molecule has 3 rings (SSSR count). The summed E-state index contributed by atoms with van der Waals surface area (Å²) < 4.78 is 14.9. The minimum Gasteiger partial charge on any atom is -0.450 e. The Morgan fingerprint density at radius 3 is 2.75 bits per heavy atom. The Kier molecular flexibility index (Phi) is 5.48. The molecule has 0 aromatic heterocycles. The molecule has 1 saturated heterocycles. The molecule has 1 amide bonds. The van der Waals surface area contributed by atoms with Crippen LogP contribution >= 0.6 is 12.3 Å². The zero-order chi connectivity index (χ0) is 20.7. The van der Waals surface area contributed by atoms with E-state index >= 15 is 0 Å². The minimum atomic E-state index is -1.73. The van der Waals surface area contributed by atoms with Gasteiger partial charge in [-0.3, -0.25) is 9.39 Å². The second-order valence-electron chi connectivity index (χ2n) is 6.63. The van der Waals surface area contributed by atoms with Crippen LogP contribution in [0, 0.1) is 0 Å². The van der Waals surface area contributed by atoms with Gasteiger partial charge in [0.25, 0.3) is 0 Å². The maximum Gasteiger partial charge on any atom is 0.404 e. The van der Waals surface area contributed by atoms with Crippen molar-refractivity contribution >= 4 is 30.3 Å². The molecule has 8 N–H and O–H groups in total. The van der Waals surface area contributed by atoms with Crippen LogP contribution in [0.25, 0.3) is 0 Å². The predicted molar refractivity (Wildman–Crippen MR) is 95.2 cm³/mol. The van der Waals surface area contributed by atoms with Gasteiger partial charge in [0.2, 0.25) is 5.96 Å². The second kappa shape index (κ2) is 7.41. The largest absolute Gasteiger partial charge is 0.450 e. The molecule has 3 aliphatic rings. The van der Waals surface area contributed by atoms with E-state index in [2.05, 4.69) is 19.2 Å². The van der Waals surface area contributed by atoms with E-state index in [0.717, 1.165) is 0 Å². The maximum atomic E-state index is 11.4. The van der Waals surface area contributed by atoms with Gasteiger partial charge in [0.15, 0.2) is 23.9 Å². The molecule has 0 aromatic carbocycles. The van der Waals surface area contributed by atoms with Crippen LogP contribution < -0.4 is 17.2 Å². The van der Waals surface area contributed by atoms with E-state index < -0.39 is 35.5 Å². The van der Waals surface area contributed by atoms with Crippen molar-refractivity contribution in [3.8, 4) is 0 Å². The van der Waals surface area contributed by atoms with E-state index in [0.29, 0.717) is 17.4 Å². The van der Waals surface area contributed by atoms with Gasteiger partial charge in [-0.15, -0.1) is 4.33 Å². The molecule has 0 aliphatic carbocycles. The van der Waals surface area contributed by atoms with E-state index in [1.54, 1.807) is 0 Å². The summed E-state index contributed by atoms with van der Waals surface area (Å²) in [6, 6.07) is -1.49. The van der Waals surface area contributed by atoms with Crippen molar-refractivity contribution in [1.82, 2.24) is 9.96 Å². The topological polar surface area (TPSA) is 204 Å². The fraction of sp³-hybridized carbons (Fsp3) is 0.769. The van der Waals surface area contributed by atoms with Crippen LogP contribution in [0.1, 0.15) is 13.3 Å². The number of guanidine groups is 2. The highest BCUT2D eigenvalue weighted by atomic mass is 32.2. The minimum absolute atomic E-state index is 0.0355. The van der Waals surface area contributed by atoms with Crippen LogP contribution in [0.3, 0.4) is 0 Å². The monoisotopic (exact) mass is 421 g/mol. The van der Waals surface area contributed by atoms with E-state index in [1.807, 2.05) is 0 Å². The Balaban J connectivity index is 1.94. The number of amides is 1. The van der Waals surface area contributed by atoms with Gasteiger partial charge in [-0.2, -0.15) is 5.06 Å². The number of hydrogen-bond donors (Lipinski definition) is 5. The van der Waals surface area contributed by atoms with Gasteiger partial charge in [-0.25, -0.2) is 19.7 Å². The fourth-order valence-electron chi connectivity index (χ4n) is 4.02. The van der Waals surface area contributed by atoms with E-state index in [4.69, 9.17) is 26.1 Å². The van der Waals surface area contributed by atoms with Gasteiger partial charge >= 0.3 is 6.09 Å². The lowest BCUT2D eigenvalue weighted by Crippen LogP contribution is -2.76. The second-order valence-corrected chi connectivity index (χ2v) is 7.09. The number of carbonyl (C=O) groups is 1. The van der Waals surface area contributed by atoms with Crippen molar-refractivity contribution < 1.29 is 33.2 Å². The maximum absolute atomic E-state index is 11.4. The van der Waals surface area contributed by atoms with Gasteiger partial charge in [0.05, 0.1) is 26.3 Å². The van der Waals surface area contributed by atoms with Gasteiger partial charge in [0.1, 0.15) is 17.7 Å². The highest BCUT2D eigenvalue weighted by molar-refractivity contribution is 7.89. The Morgan fingerprint density at radius 1 is 1.39 bits per heavy atom. The van der Waals surface area contributed by atoms with Gasteiger partial charge in [0, 0.05) is 6.42 Å². The summed E-state index contributed by atoms with van der Waals surface area (Å²) in [6.07, 6.45) is -1.63. The van der Waals surface area contributed by atoms with Crippen molar-refractivity contribution in [3.63, 3.8) is 0 Å². The zero-order valence-corrected chi connectivity index (χ0v) is 16.0. The molecule has 3 aliphatic heterocycles. The first-order chi connectivity index (χ1) is 13.2. The number of primary amides is 1. The molecular formula is C13H23N7O7S. The molecule has 5 unspecified atom stereocenters. The number of hydroxylamine groups is 2. The van der Waals surface area contributed by atoms with Crippen LogP contribution in [0.15, 0.2) is 9.98 Å². The number of ether oxygens (including phenoxy) is 1. The predicted octanol–water partition coefficient (Wildman–Crippen LogP) is -2.15. The third kappa shape index (κ3) is 2.90. The molecule has 5 atom stereocenters. The Labute approximate surface area is 164 Å². The summed E-state index contributed by atoms with van der Waals surface area (Å²) in [5, 5.41) is 22.9. The molecule has 1 spiro atoms. The van der Waals surface area contributed by atoms with Crippen LogP contribution in [0.2, 0.25) is 0 Å². The average molecular weight is 421 g/mol. The first kappa shape index (κ1) is 20.7. The van der Waals surface area contributed by atoms with Crippen LogP contribution in [0.5, 0.6) is 0 Å². The van der Waals surface area contributed by atoms with Gasteiger partial charge < -0.3 is 31.9 Å². The van der Waals surface area contributed by atoms with Gasteiger partial charge in [-0.1, -0.05) is 0 Å². The standard InChI is InChI=1S/C13H23N7O7S/c1-12(22)7(26-28-27-24-2)5-19-9(14)17-6(3-4-25-11(16)21)8-13(12,19)20(23)10(15)18-8/h6-8,22-23H,3-5H2,1-2H3,(H2,14,17)(H2,15,18)(H2,16,21). The Hall–Kier alpha value is -2.04. The number of aliphatic hydroxyl groups is 1. The van der Waals surface area contributed by atoms with Crippen molar-refractivity contribution in [2.45, 2.75) is 42.8 Å². The lowest BCUT2D eigenvalue weighted by molar-refractivity contribution is -0.227. The number of hydrogen-bond acceptors (Lipinski definition) is 14. The van der Waals surface area contributed by atoms with Crippen molar-refractivity contribution in [2.24, 2.45) is 27.2 Å². The van der Waals surface area contributed by atoms with E-state index in [1.165, 1.54) is 18.9 Å². The number of aliphatic imine (C=N–C) groups is 2. The molecule has 15 heteroatoms. The summed E-state index contributed by atoms with van der Waals surface area (Å²) in [7, 11) is 1.30. The molecule has 1 fully saturated rings. The molecule has 0 aromatic rings. The fourth-order valence-corrected chi connectivity index (χ4v) is 4.45. The zero-order valence-electron chi connectivity index (χ0n) is 15.2. The quantitative estimate of drug-likeness (QED) is 0.129. The Bertz CT molecular complexity index is 692. The number of rotatable bonds is 7. The van der Waals surface area contributed by atoms with E-state index in [9.17, 15) is 15.1 Å². The third-order valence-corrected chi connectivity index (χ3v) is 5.71. The normalized spacial score (nSPS) is 36.6. The third-order valence-electron chi connectivity index (χ3n) is 5.20. The first-order valence-electron chi connectivity index (χ1n) is 8.28. The number of nitrogens with two attached hydrogens (primary N) is 3. The molecule has 28 heavy (non-hydrogen) atoms. The summed E-state index contributed by atoms with van der Waals surface area (Å²) in [5.41, 5.74) is 13.7. The molecular weight excluding hydrogens is 398 g/mol. The summed E-state index contributed by atoms with van der Waals surface area (Å²) in [6.45, 7) is 1.47. The summed E-state index contributed by atoms with van der Waals surface area (Å²) >= 11 is 0.520. The number of nitrogens with zero attached hydrogens (tertiary/aromatic N) is 4. The first-order valence-corrected chi connectivity index (χ1v) is 8.95. The molecule has 0 radical (unpaired) electrons. The van der Waals surface area contributed by atoms with Crippen molar-refractivity contribution in [3.05, 3.63) is 0 Å². The molecule has 3 heterocycles. The Morgan fingerprint density at radius 2 is 2.11 bits per heavy atom. The molecule has 158 valence electrons. The lowest BCUT2D eigenvalue weighted by atomic mass is 9.78. The van der Waals surface area contributed by atoms with Crippen LogP contribution in [0.4, 0.5) is 4.79 Å². The SMILES string of the molecule is COOSOC1CN2C(N)=NC(CCOC(N)=O)C3N=C(N)N(O)C32C1(C)O. The van der Waals surface area contributed by atoms with Crippen molar-refractivity contribution in [2.75, 3.05) is 20.3 Å². The lowest BCUT2D eigenvalue weighted by Gasteiger charge is -2.52. The van der Waals surface area contributed by atoms with Crippen molar-refractivity contribution in [1.29, 1.82) is 0 Å². The average Bonchev–Trinajstić information content (AvgIpc) is 3.02. The summed E-state index contributed by atoms with van der Waals surface area (Å²) in [4.78, 5) is 25.4. The smallest absolute Gasteiger partial charge is 0.404 e. The molecule has 0 bridgehead atoms. The summed E-state index contributed by atoms with van der Waals surface area (Å²) in [5.74, 6) is -0.184. The molecule has 0 saturated carbocycles. The van der Waals surface area contributed by atoms with Crippen LogP contribution in [-0.4, -0.2) is 88.0 Å². The van der Waals surface area contributed by atoms with Gasteiger partial charge in [-0.05, 0) is 6.92 Å². The number of carbonyl (C=O) groups excluding carboxylic acids is 1. The van der Waals surface area contributed by atoms with Crippen LogP contribution in [-0.2, 0) is 18.1 Å². The highest BCUT2D eigenvalue weighted by Gasteiger charge is 2.75. The van der Waals surface area contributed by atoms with E-state index in [-0.39, 0.29) is 31.5 Å².